The van der Waals surface area contributed by atoms with E-state index >= 15 is 0 Å². The lowest BCUT2D eigenvalue weighted by molar-refractivity contribution is -0.105. The predicted molar refractivity (Wildman–Crippen MR) is 151 cm³/mol. The standard InChI is InChI=1S/C28H32N8O5/c1-28(2,3)41-27(39)34-11-9-18(10-12-34)23-13-24(36(33-23)20-5-7-21(40-4)8-6-20)32-26(38)22-15-31-35-16-19(30-17-37)14-29-25(22)35/h5-8,13-18H,9-12H2,1-4H3,(H,30,37)(H,32,38). The first-order valence-corrected chi connectivity index (χ1v) is 13.2. The number of carbonyl (C=O) groups is 3. The van der Waals surface area contributed by atoms with Gasteiger partial charge < -0.3 is 25.0 Å². The van der Waals surface area contributed by atoms with Crippen molar-refractivity contribution in [1.29, 1.82) is 0 Å². The Labute approximate surface area is 236 Å². The highest BCUT2D eigenvalue weighted by Gasteiger charge is 2.29. The van der Waals surface area contributed by atoms with Crippen LogP contribution in [0.2, 0.25) is 0 Å². The molecule has 1 saturated heterocycles. The van der Waals surface area contributed by atoms with E-state index in [1.807, 2.05) is 51.1 Å². The Morgan fingerprint density at radius 1 is 1.10 bits per heavy atom. The number of methoxy groups -OCH3 is 1. The molecular weight excluding hydrogens is 528 g/mol. The third-order valence-electron chi connectivity index (χ3n) is 6.68. The average molecular weight is 561 g/mol. The highest BCUT2D eigenvalue weighted by atomic mass is 16.6. The molecule has 41 heavy (non-hydrogen) atoms. The van der Waals surface area contributed by atoms with Gasteiger partial charge in [-0.3, -0.25) is 9.59 Å². The van der Waals surface area contributed by atoms with Crippen molar-refractivity contribution in [1.82, 2.24) is 29.3 Å². The third-order valence-corrected chi connectivity index (χ3v) is 6.68. The number of ether oxygens (including phenoxy) is 2. The van der Waals surface area contributed by atoms with Gasteiger partial charge in [-0.1, -0.05) is 0 Å². The van der Waals surface area contributed by atoms with Crippen molar-refractivity contribution < 1.29 is 23.9 Å². The molecule has 214 valence electrons. The topological polar surface area (TPSA) is 145 Å². The van der Waals surface area contributed by atoms with Crippen molar-refractivity contribution in [3.63, 3.8) is 0 Å². The van der Waals surface area contributed by atoms with Gasteiger partial charge in [-0.15, -0.1) is 0 Å². The zero-order valence-corrected chi connectivity index (χ0v) is 23.3. The Kier molecular flexibility index (Phi) is 7.60. The second-order valence-electron chi connectivity index (χ2n) is 10.7. The molecule has 1 aliphatic rings. The number of nitrogens with zero attached hydrogens (tertiary/aromatic N) is 6. The number of rotatable bonds is 7. The molecule has 3 amide bonds. The van der Waals surface area contributed by atoms with Crippen molar-refractivity contribution in [3.8, 4) is 11.4 Å². The summed E-state index contributed by atoms with van der Waals surface area (Å²) < 4.78 is 13.9. The normalized spacial score (nSPS) is 14.1. The summed E-state index contributed by atoms with van der Waals surface area (Å²) in [7, 11) is 1.60. The van der Waals surface area contributed by atoms with Crippen LogP contribution in [0.5, 0.6) is 5.75 Å². The number of hydrogen-bond acceptors (Lipinski definition) is 8. The van der Waals surface area contributed by atoms with Crippen LogP contribution in [0.15, 0.2) is 48.9 Å². The van der Waals surface area contributed by atoms with Crippen LogP contribution < -0.4 is 15.4 Å². The number of amides is 3. The van der Waals surface area contributed by atoms with Crippen LogP contribution in [0.3, 0.4) is 0 Å². The van der Waals surface area contributed by atoms with E-state index in [0.29, 0.717) is 55.2 Å². The second kappa shape index (κ2) is 11.3. The lowest BCUT2D eigenvalue weighted by Gasteiger charge is -2.32. The van der Waals surface area contributed by atoms with Gasteiger partial charge in [0.2, 0.25) is 6.41 Å². The molecule has 2 N–H and O–H groups in total. The summed E-state index contributed by atoms with van der Waals surface area (Å²) in [6, 6.07) is 9.22. The summed E-state index contributed by atoms with van der Waals surface area (Å²) in [6.45, 7) is 6.65. The van der Waals surface area contributed by atoms with Crippen molar-refractivity contribution in [2.45, 2.75) is 45.1 Å². The first-order valence-electron chi connectivity index (χ1n) is 13.2. The number of fused-ring (bicyclic) bond motifs is 1. The quantitative estimate of drug-likeness (QED) is 0.324. The Hall–Kier alpha value is -4.94. The van der Waals surface area contributed by atoms with E-state index in [-0.39, 0.29) is 17.6 Å². The number of piperidine rings is 1. The van der Waals surface area contributed by atoms with Gasteiger partial charge >= 0.3 is 6.09 Å². The largest absolute Gasteiger partial charge is 0.497 e. The molecule has 4 aromatic rings. The molecule has 0 atom stereocenters. The van der Waals surface area contributed by atoms with Crippen LogP contribution >= 0.6 is 0 Å². The lowest BCUT2D eigenvalue weighted by Crippen LogP contribution is -2.41. The molecule has 1 fully saturated rings. The van der Waals surface area contributed by atoms with Gasteiger partial charge in [0.15, 0.2) is 5.65 Å². The molecule has 0 radical (unpaired) electrons. The van der Waals surface area contributed by atoms with Gasteiger partial charge in [0.05, 0.1) is 42.8 Å². The smallest absolute Gasteiger partial charge is 0.410 e. The maximum absolute atomic E-state index is 13.4. The molecule has 1 aliphatic heterocycles. The minimum absolute atomic E-state index is 0.0891. The second-order valence-corrected chi connectivity index (χ2v) is 10.7. The first-order chi connectivity index (χ1) is 19.6. The third kappa shape index (κ3) is 6.13. The van der Waals surface area contributed by atoms with Gasteiger partial charge in [-0.05, 0) is 57.9 Å². The zero-order chi connectivity index (χ0) is 29.1. The van der Waals surface area contributed by atoms with Gasteiger partial charge in [0.25, 0.3) is 5.91 Å². The molecule has 5 rings (SSSR count). The minimum atomic E-state index is -0.552. The van der Waals surface area contributed by atoms with Crippen molar-refractivity contribution in [2.24, 2.45) is 0 Å². The molecule has 0 saturated carbocycles. The highest BCUT2D eigenvalue weighted by Crippen LogP contribution is 2.31. The predicted octanol–water partition coefficient (Wildman–Crippen LogP) is 3.86. The molecule has 4 heterocycles. The number of benzene rings is 1. The molecule has 1 aromatic carbocycles. The monoisotopic (exact) mass is 560 g/mol. The van der Waals surface area contributed by atoms with E-state index in [2.05, 4.69) is 20.7 Å². The van der Waals surface area contributed by atoms with E-state index in [4.69, 9.17) is 14.6 Å². The number of aromatic nitrogens is 5. The Morgan fingerprint density at radius 3 is 2.49 bits per heavy atom. The fourth-order valence-corrected chi connectivity index (χ4v) is 4.65. The van der Waals surface area contributed by atoms with Crippen LogP contribution in [-0.2, 0) is 9.53 Å². The van der Waals surface area contributed by atoms with Crippen LogP contribution in [0.25, 0.3) is 11.3 Å². The van der Waals surface area contributed by atoms with Crippen molar-refractivity contribution >= 4 is 35.6 Å². The average Bonchev–Trinajstić information content (AvgIpc) is 3.57. The summed E-state index contributed by atoms with van der Waals surface area (Å²) in [6.07, 6.45) is 6.08. The Balaban J connectivity index is 1.39. The molecule has 0 bridgehead atoms. The zero-order valence-electron chi connectivity index (χ0n) is 23.3. The SMILES string of the molecule is COc1ccc(-n2nc(C3CCN(C(=O)OC(C)(C)C)CC3)cc2NC(=O)c2cnn3cc(NC=O)cnc23)cc1. The Bertz CT molecular complexity index is 1560. The van der Waals surface area contributed by atoms with Crippen molar-refractivity contribution in [2.75, 3.05) is 30.8 Å². The van der Waals surface area contributed by atoms with Crippen LogP contribution in [-0.4, -0.2) is 73.5 Å². The fraction of sp³-hybridized carbons (Fsp3) is 0.357. The summed E-state index contributed by atoms with van der Waals surface area (Å²) in [5.74, 6) is 0.848. The maximum atomic E-state index is 13.4. The fourth-order valence-electron chi connectivity index (χ4n) is 4.65. The summed E-state index contributed by atoms with van der Waals surface area (Å²) in [5.41, 5.74) is 2.04. The maximum Gasteiger partial charge on any atom is 0.410 e. The van der Waals surface area contributed by atoms with Gasteiger partial charge in [0.1, 0.15) is 22.7 Å². The van der Waals surface area contributed by atoms with Crippen molar-refractivity contribution in [3.05, 3.63) is 60.2 Å². The molecule has 13 heteroatoms. The van der Waals surface area contributed by atoms with E-state index in [1.54, 1.807) is 22.9 Å². The van der Waals surface area contributed by atoms with Crippen LogP contribution in [0.1, 0.15) is 55.6 Å². The first kappa shape index (κ1) is 27.6. The molecule has 0 spiro atoms. The number of hydrogen-bond donors (Lipinski definition) is 2. The van der Waals surface area contributed by atoms with Crippen LogP contribution in [0.4, 0.5) is 16.3 Å². The summed E-state index contributed by atoms with van der Waals surface area (Å²) >= 11 is 0. The van der Waals surface area contributed by atoms with E-state index < -0.39 is 11.5 Å². The number of carbonyl (C=O) groups excluding carboxylic acids is 3. The minimum Gasteiger partial charge on any atom is -0.497 e. The summed E-state index contributed by atoms with van der Waals surface area (Å²) in [4.78, 5) is 42.7. The molecule has 0 aliphatic carbocycles. The number of anilines is 2. The van der Waals surface area contributed by atoms with E-state index in [0.717, 1.165) is 11.4 Å². The number of likely N-dealkylation sites (tertiary alicyclic amines) is 1. The molecule has 0 unspecified atom stereocenters. The van der Waals surface area contributed by atoms with Gasteiger partial charge in [0, 0.05) is 25.1 Å². The lowest BCUT2D eigenvalue weighted by atomic mass is 9.94. The molecular formula is C28H32N8O5. The molecule has 13 nitrogen and oxygen atoms in total. The van der Waals surface area contributed by atoms with E-state index in [9.17, 15) is 14.4 Å². The van der Waals surface area contributed by atoms with E-state index in [1.165, 1.54) is 16.9 Å². The molecule has 3 aromatic heterocycles. The summed E-state index contributed by atoms with van der Waals surface area (Å²) in [5, 5.41) is 14.5. The Morgan fingerprint density at radius 2 is 1.83 bits per heavy atom. The van der Waals surface area contributed by atoms with Gasteiger partial charge in [-0.2, -0.15) is 10.2 Å². The number of nitrogens with one attached hydrogen (secondary N) is 2. The highest BCUT2D eigenvalue weighted by molar-refractivity contribution is 6.08. The van der Waals surface area contributed by atoms with Gasteiger partial charge in [-0.25, -0.2) is 19.0 Å². The van der Waals surface area contributed by atoms with Crippen LogP contribution in [0, 0.1) is 0 Å².